The maximum atomic E-state index is 5.89. The summed E-state index contributed by atoms with van der Waals surface area (Å²) < 4.78 is 5.97. The molecular weight excluding hydrogens is 347 g/mol. The highest BCUT2D eigenvalue weighted by Gasteiger charge is 2.11. The lowest BCUT2D eigenvalue weighted by atomic mass is 10.2. The van der Waals surface area contributed by atoms with E-state index in [0.717, 1.165) is 10.0 Å². The summed E-state index contributed by atoms with van der Waals surface area (Å²) in [6, 6.07) is 5.41. The van der Waals surface area contributed by atoms with Crippen molar-refractivity contribution in [3.05, 3.63) is 33.5 Å². The third kappa shape index (κ3) is 2.41. The summed E-state index contributed by atoms with van der Waals surface area (Å²) in [5.41, 5.74) is 0.794. The van der Waals surface area contributed by atoms with Crippen molar-refractivity contribution in [2.75, 3.05) is 0 Å². The molecule has 0 radical (unpaired) electrons. The average Bonchev–Trinajstić information content (AvgIpc) is 2.70. The van der Waals surface area contributed by atoms with E-state index in [0.29, 0.717) is 22.1 Å². The lowest BCUT2D eigenvalue weighted by Gasteiger charge is -1.98. The van der Waals surface area contributed by atoms with Crippen molar-refractivity contribution in [2.45, 2.75) is 5.33 Å². The van der Waals surface area contributed by atoms with Gasteiger partial charge in [-0.2, -0.15) is 4.98 Å². The second-order valence-corrected chi connectivity index (χ2v) is 4.63. The van der Waals surface area contributed by atoms with Crippen LogP contribution in [0.4, 0.5) is 0 Å². The largest absolute Gasteiger partial charge is 0.334 e. The van der Waals surface area contributed by atoms with Crippen LogP contribution in [0, 0.1) is 0 Å². The lowest BCUT2D eigenvalue weighted by Crippen LogP contribution is -1.82. The summed E-state index contributed by atoms with van der Waals surface area (Å²) in [5.74, 6) is 1.07. The van der Waals surface area contributed by atoms with Gasteiger partial charge in [0, 0.05) is 9.50 Å². The van der Waals surface area contributed by atoms with Crippen LogP contribution in [-0.4, -0.2) is 10.1 Å². The van der Waals surface area contributed by atoms with E-state index in [1.54, 1.807) is 12.1 Å². The molecule has 1 heterocycles. The first-order valence-electron chi connectivity index (χ1n) is 4.04. The zero-order chi connectivity index (χ0) is 10.8. The minimum atomic E-state index is 0.457. The second-order valence-electron chi connectivity index (χ2n) is 2.77. The Morgan fingerprint density at radius 2 is 2.20 bits per heavy atom. The number of hydrogen-bond donors (Lipinski definition) is 0. The van der Waals surface area contributed by atoms with E-state index in [9.17, 15) is 0 Å². The number of alkyl halides is 1. The molecule has 0 saturated carbocycles. The van der Waals surface area contributed by atoms with Crippen molar-refractivity contribution in [1.82, 2.24) is 10.1 Å². The zero-order valence-corrected chi connectivity index (χ0v) is 11.3. The van der Waals surface area contributed by atoms with Crippen LogP contribution in [0.5, 0.6) is 0 Å². The molecule has 0 atom stereocenters. The van der Waals surface area contributed by atoms with Crippen LogP contribution in [0.3, 0.4) is 0 Å². The topological polar surface area (TPSA) is 38.9 Å². The standard InChI is InChI=1S/C9H5Br2ClN2O/c10-4-8-13-9(15-14-8)6-3-5(12)1-2-7(6)11/h1-3H,4H2. The van der Waals surface area contributed by atoms with Crippen LogP contribution in [0.25, 0.3) is 11.5 Å². The minimum absolute atomic E-state index is 0.457. The van der Waals surface area contributed by atoms with Gasteiger partial charge < -0.3 is 4.52 Å². The molecule has 78 valence electrons. The van der Waals surface area contributed by atoms with Gasteiger partial charge in [-0.25, -0.2) is 0 Å². The summed E-state index contributed by atoms with van der Waals surface area (Å²) in [4.78, 5) is 4.19. The highest BCUT2D eigenvalue weighted by atomic mass is 79.9. The normalized spacial score (nSPS) is 10.6. The van der Waals surface area contributed by atoms with E-state index >= 15 is 0 Å². The third-order valence-corrected chi connectivity index (χ3v) is 3.17. The first kappa shape index (κ1) is 11.1. The summed E-state index contributed by atoms with van der Waals surface area (Å²) >= 11 is 12.5. The Bertz CT molecular complexity index is 487. The third-order valence-electron chi connectivity index (χ3n) is 1.75. The molecule has 0 fully saturated rings. The van der Waals surface area contributed by atoms with Gasteiger partial charge in [-0.05, 0) is 34.1 Å². The monoisotopic (exact) mass is 350 g/mol. The Labute approximate surface area is 108 Å². The molecule has 0 bridgehead atoms. The van der Waals surface area contributed by atoms with Crippen molar-refractivity contribution in [1.29, 1.82) is 0 Å². The van der Waals surface area contributed by atoms with Gasteiger partial charge in [-0.15, -0.1) is 0 Å². The Hall–Kier alpha value is -0.390. The molecule has 2 rings (SSSR count). The predicted molar refractivity (Wildman–Crippen MR) is 65.1 cm³/mol. The van der Waals surface area contributed by atoms with Crippen LogP contribution in [0.1, 0.15) is 5.82 Å². The van der Waals surface area contributed by atoms with Crippen LogP contribution in [0.15, 0.2) is 27.2 Å². The molecule has 6 heteroatoms. The molecule has 1 aromatic heterocycles. The van der Waals surface area contributed by atoms with E-state index in [1.807, 2.05) is 6.07 Å². The number of rotatable bonds is 2. The fourth-order valence-electron chi connectivity index (χ4n) is 1.08. The van der Waals surface area contributed by atoms with Gasteiger partial charge in [0.25, 0.3) is 5.89 Å². The van der Waals surface area contributed by atoms with Gasteiger partial charge in [-0.3, -0.25) is 0 Å². The molecule has 0 aliphatic rings. The van der Waals surface area contributed by atoms with Gasteiger partial charge in [0.2, 0.25) is 0 Å². The quantitative estimate of drug-likeness (QED) is 0.766. The molecule has 3 nitrogen and oxygen atoms in total. The Kier molecular flexibility index (Phi) is 3.43. The van der Waals surface area contributed by atoms with Crippen molar-refractivity contribution < 1.29 is 4.52 Å². The Morgan fingerprint density at radius 1 is 1.40 bits per heavy atom. The summed E-state index contributed by atoms with van der Waals surface area (Å²) in [6.45, 7) is 0. The van der Waals surface area contributed by atoms with Crippen molar-refractivity contribution in [3.8, 4) is 11.5 Å². The zero-order valence-electron chi connectivity index (χ0n) is 7.38. The highest BCUT2D eigenvalue weighted by Crippen LogP contribution is 2.29. The van der Waals surface area contributed by atoms with Crippen LogP contribution >= 0.6 is 43.5 Å². The number of hydrogen-bond acceptors (Lipinski definition) is 3. The molecule has 15 heavy (non-hydrogen) atoms. The maximum Gasteiger partial charge on any atom is 0.259 e. The molecule has 0 unspecified atom stereocenters. The fourth-order valence-corrected chi connectivity index (χ4v) is 1.90. The molecule has 0 N–H and O–H groups in total. The molecular formula is C9H5Br2ClN2O. The van der Waals surface area contributed by atoms with Gasteiger partial charge in [0.15, 0.2) is 5.82 Å². The average molecular weight is 352 g/mol. The second kappa shape index (κ2) is 4.63. The summed E-state index contributed by atoms with van der Waals surface area (Å²) in [6.07, 6.45) is 0. The molecule has 0 aliphatic heterocycles. The van der Waals surface area contributed by atoms with Crippen LogP contribution in [0.2, 0.25) is 5.02 Å². The minimum Gasteiger partial charge on any atom is -0.334 e. The number of aromatic nitrogens is 2. The highest BCUT2D eigenvalue weighted by molar-refractivity contribution is 9.10. The molecule has 0 amide bonds. The van der Waals surface area contributed by atoms with Gasteiger partial charge >= 0.3 is 0 Å². The van der Waals surface area contributed by atoms with Gasteiger partial charge in [0.05, 0.1) is 10.9 Å². The molecule has 0 aliphatic carbocycles. The Balaban J connectivity index is 2.48. The predicted octanol–water partition coefficient (Wildman–Crippen LogP) is 4.05. The summed E-state index contributed by atoms with van der Waals surface area (Å²) in [5, 5.41) is 4.98. The molecule has 0 spiro atoms. The van der Waals surface area contributed by atoms with Crippen molar-refractivity contribution in [2.24, 2.45) is 0 Å². The van der Waals surface area contributed by atoms with E-state index in [1.165, 1.54) is 0 Å². The van der Waals surface area contributed by atoms with Gasteiger partial charge in [-0.1, -0.05) is 32.7 Å². The van der Waals surface area contributed by atoms with E-state index in [2.05, 4.69) is 42.0 Å². The van der Waals surface area contributed by atoms with Crippen LogP contribution < -0.4 is 0 Å². The number of nitrogens with zero attached hydrogens (tertiary/aromatic N) is 2. The fraction of sp³-hybridized carbons (Fsp3) is 0.111. The smallest absolute Gasteiger partial charge is 0.259 e. The summed E-state index contributed by atoms with van der Waals surface area (Å²) in [7, 11) is 0. The van der Waals surface area contributed by atoms with E-state index in [4.69, 9.17) is 16.1 Å². The lowest BCUT2D eigenvalue weighted by molar-refractivity contribution is 0.425. The molecule has 2 aromatic rings. The van der Waals surface area contributed by atoms with Crippen molar-refractivity contribution >= 4 is 43.5 Å². The van der Waals surface area contributed by atoms with E-state index < -0.39 is 0 Å². The first-order valence-corrected chi connectivity index (χ1v) is 6.34. The molecule has 1 aromatic carbocycles. The van der Waals surface area contributed by atoms with E-state index in [-0.39, 0.29) is 0 Å². The number of halogens is 3. The number of benzene rings is 1. The SMILES string of the molecule is Clc1ccc(Br)c(-c2nc(CBr)no2)c1. The molecule has 0 saturated heterocycles. The van der Waals surface area contributed by atoms with Gasteiger partial charge in [0.1, 0.15) is 0 Å². The first-order chi connectivity index (χ1) is 7.20. The maximum absolute atomic E-state index is 5.89. The van der Waals surface area contributed by atoms with Crippen molar-refractivity contribution in [3.63, 3.8) is 0 Å². The Morgan fingerprint density at radius 3 is 2.87 bits per heavy atom. The van der Waals surface area contributed by atoms with Crippen LogP contribution in [-0.2, 0) is 5.33 Å².